The molecule has 1 aliphatic heterocycles. The molecule has 0 aromatic heterocycles. The molecule has 4 rings (SSSR count). The number of para-hydroxylation sites is 1. The van der Waals surface area contributed by atoms with Gasteiger partial charge < -0.3 is 14.6 Å². The predicted molar refractivity (Wildman–Crippen MR) is 143 cm³/mol. The van der Waals surface area contributed by atoms with Crippen LogP contribution >= 0.6 is 27.5 Å². The van der Waals surface area contributed by atoms with E-state index >= 15 is 0 Å². The number of carboxylic acid groups (broad SMARTS) is 1. The molecule has 0 bridgehead atoms. The first kappa shape index (κ1) is 26.9. The Morgan fingerprint density at radius 2 is 1.79 bits per heavy atom. The Bertz CT molecular complexity index is 1470. The summed E-state index contributed by atoms with van der Waals surface area (Å²) in [4.78, 5) is 50.1. The molecule has 2 N–H and O–H groups in total. The fraction of sp³-hybridized carbons (Fsp3) is 0.111. The first-order valence-corrected chi connectivity index (χ1v) is 12.4. The second-order valence-electron chi connectivity index (χ2n) is 7.96. The third-order valence-corrected chi connectivity index (χ3v) is 6.33. The van der Waals surface area contributed by atoms with Gasteiger partial charge in [0.2, 0.25) is 0 Å². The lowest BCUT2D eigenvalue weighted by atomic mass is 10.1. The molecule has 4 amide bonds. The van der Waals surface area contributed by atoms with Crippen molar-refractivity contribution in [3.8, 4) is 11.5 Å². The Hall–Kier alpha value is -4.15. The quantitative estimate of drug-likeness (QED) is 0.261. The van der Waals surface area contributed by atoms with Crippen molar-refractivity contribution in [2.45, 2.75) is 13.5 Å². The standard InChI is InChI=1S/C27H20BrClN2O7/c1-2-37-22-13-16(12-19(28)23(22)38-14-15-7-9-17(10-8-15)26(34)35)11-18-24(32)30-27(36)31(25(18)33)21-6-4-3-5-20(21)29/h3-13H,2,14H2,1H3,(H,34,35)(H,30,32,36)/b18-11+. The lowest BCUT2D eigenvalue weighted by molar-refractivity contribution is -0.122. The number of carboxylic acids is 1. The molecule has 1 aliphatic rings. The second kappa shape index (κ2) is 11.5. The van der Waals surface area contributed by atoms with Crippen molar-refractivity contribution in [1.29, 1.82) is 0 Å². The van der Waals surface area contributed by atoms with Crippen molar-refractivity contribution in [1.82, 2.24) is 5.32 Å². The lowest BCUT2D eigenvalue weighted by Gasteiger charge is -2.27. The fourth-order valence-electron chi connectivity index (χ4n) is 3.65. The summed E-state index contributed by atoms with van der Waals surface area (Å²) in [6.07, 6.45) is 1.34. The van der Waals surface area contributed by atoms with E-state index in [1.54, 1.807) is 43.3 Å². The Morgan fingerprint density at radius 3 is 2.45 bits per heavy atom. The van der Waals surface area contributed by atoms with Gasteiger partial charge in [0.1, 0.15) is 12.2 Å². The lowest BCUT2D eigenvalue weighted by Crippen LogP contribution is -2.54. The Kier molecular flexibility index (Phi) is 8.13. The van der Waals surface area contributed by atoms with E-state index in [1.807, 2.05) is 0 Å². The summed E-state index contributed by atoms with van der Waals surface area (Å²) < 4.78 is 12.2. The van der Waals surface area contributed by atoms with Crippen molar-refractivity contribution in [2.75, 3.05) is 11.5 Å². The molecule has 0 spiro atoms. The summed E-state index contributed by atoms with van der Waals surface area (Å²) in [5.41, 5.74) is 1.21. The molecular weight excluding hydrogens is 580 g/mol. The number of benzene rings is 3. The molecule has 1 heterocycles. The maximum Gasteiger partial charge on any atom is 0.335 e. The van der Waals surface area contributed by atoms with Crippen LogP contribution in [0.1, 0.15) is 28.4 Å². The van der Waals surface area contributed by atoms with Gasteiger partial charge in [0.05, 0.1) is 27.4 Å². The van der Waals surface area contributed by atoms with Crippen LogP contribution in [0, 0.1) is 0 Å². The molecule has 0 unspecified atom stereocenters. The van der Waals surface area contributed by atoms with Crippen LogP contribution < -0.4 is 19.7 Å². The second-order valence-corrected chi connectivity index (χ2v) is 9.22. The maximum absolute atomic E-state index is 13.2. The number of imide groups is 2. The summed E-state index contributed by atoms with van der Waals surface area (Å²) in [5.74, 6) is -1.97. The number of barbiturate groups is 1. The van der Waals surface area contributed by atoms with Gasteiger partial charge in [-0.2, -0.15) is 0 Å². The van der Waals surface area contributed by atoms with Crippen molar-refractivity contribution in [3.05, 3.63) is 92.4 Å². The highest BCUT2D eigenvalue weighted by molar-refractivity contribution is 9.10. The highest BCUT2D eigenvalue weighted by Gasteiger charge is 2.37. The summed E-state index contributed by atoms with van der Waals surface area (Å²) >= 11 is 9.64. The SMILES string of the molecule is CCOc1cc(/C=C2\C(=O)NC(=O)N(c3ccccc3Cl)C2=O)cc(Br)c1OCc1ccc(C(=O)O)cc1. The van der Waals surface area contributed by atoms with Crippen molar-refractivity contribution in [2.24, 2.45) is 0 Å². The van der Waals surface area contributed by atoms with E-state index in [4.69, 9.17) is 26.2 Å². The molecule has 3 aromatic carbocycles. The number of amides is 4. The summed E-state index contributed by atoms with van der Waals surface area (Å²) in [5, 5.41) is 11.4. The van der Waals surface area contributed by atoms with Crippen LogP contribution in [0.5, 0.6) is 11.5 Å². The van der Waals surface area contributed by atoms with Gasteiger partial charge in [0.15, 0.2) is 11.5 Å². The van der Waals surface area contributed by atoms with Crippen LogP contribution in [-0.4, -0.2) is 35.5 Å². The van der Waals surface area contributed by atoms with Crippen LogP contribution in [0.4, 0.5) is 10.5 Å². The topological polar surface area (TPSA) is 122 Å². The Balaban J connectivity index is 1.64. The van der Waals surface area contributed by atoms with Gasteiger partial charge in [0, 0.05) is 0 Å². The van der Waals surface area contributed by atoms with E-state index in [0.717, 1.165) is 10.5 Å². The Morgan fingerprint density at radius 1 is 1.08 bits per heavy atom. The zero-order valence-electron chi connectivity index (χ0n) is 19.9. The van der Waals surface area contributed by atoms with Gasteiger partial charge in [-0.3, -0.25) is 14.9 Å². The monoisotopic (exact) mass is 598 g/mol. The third-order valence-electron chi connectivity index (χ3n) is 5.42. The van der Waals surface area contributed by atoms with Crippen LogP contribution in [0.15, 0.2) is 70.7 Å². The molecule has 0 saturated carbocycles. The number of hydrogen-bond acceptors (Lipinski definition) is 6. The summed E-state index contributed by atoms with van der Waals surface area (Å²) in [6.45, 7) is 2.23. The van der Waals surface area contributed by atoms with Gasteiger partial charge in [-0.25, -0.2) is 14.5 Å². The van der Waals surface area contributed by atoms with E-state index in [-0.39, 0.29) is 28.5 Å². The zero-order chi connectivity index (χ0) is 27.4. The maximum atomic E-state index is 13.2. The van der Waals surface area contributed by atoms with Crippen LogP contribution in [0.25, 0.3) is 6.08 Å². The van der Waals surface area contributed by atoms with Gasteiger partial charge in [-0.15, -0.1) is 0 Å². The number of carbonyl (C=O) groups is 4. The average Bonchev–Trinajstić information content (AvgIpc) is 2.87. The summed E-state index contributed by atoms with van der Waals surface area (Å²) in [7, 11) is 0. The number of nitrogens with zero attached hydrogens (tertiary/aromatic N) is 1. The van der Waals surface area contributed by atoms with Crippen molar-refractivity contribution < 1.29 is 33.8 Å². The molecule has 38 heavy (non-hydrogen) atoms. The highest BCUT2D eigenvalue weighted by atomic mass is 79.9. The smallest absolute Gasteiger partial charge is 0.335 e. The van der Waals surface area contributed by atoms with Crippen molar-refractivity contribution in [3.63, 3.8) is 0 Å². The molecule has 3 aromatic rings. The number of hydrogen-bond donors (Lipinski definition) is 2. The zero-order valence-corrected chi connectivity index (χ0v) is 22.2. The molecule has 9 nitrogen and oxygen atoms in total. The molecule has 1 fully saturated rings. The van der Waals surface area contributed by atoms with E-state index < -0.39 is 23.8 Å². The van der Waals surface area contributed by atoms with Crippen LogP contribution in [0.2, 0.25) is 5.02 Å². The molecule has 0 atom stereocenters. The van der Waals surface area contributed by atoms with E-state index in [0.29, 0.717) is 28.1 Å². The molecule has 1 saturated heterocycles. The first-order valence-electron chi connectivity index (χ1n) is 11.3. The number of aromatic carboxylic acids is 1. The van der Waals surface area contributed by atoms with Gasteiger partial charge in [0.25, 0.3) is 11.8 Å². The fourth-order valence-corrected chi connectivity index (χ4v) is 4.44. The van der Waals surface area contributed by atoms with Crippen LogP contribution in [-0.2, 0) is 16.2 Å². The minimum Gasteiger partial charge on any atom is -0.490 e. The van der Waals surface area contributed by atoms with E-state index in [2.05, 4.69) is 21.2 Å². The number of anilines is 1. The first-order chi connectivity index (χ1) is 18.2. The average molecular weight is 600 g/mol. The van der Waals surface area contributed by atoms with Crippen molar-refractivity contribution >= 4 is 63.1 Å². The molecule has 11 heteroatoms. The largest absolute Gasteiger partial charge is 0.490 e. The molecule has 194 valence electrons. The predicted octanol–water partition coefficient (Wildman–Crippen LogP) is 5.44. The molecule has 0 radical (unpaired) electrons. The van der Waals surface area contributed by atoms with E-state index in [1.165, 1.54) is 30.3 Å². The molecular formula is C27H20BrClN2O7. The molecule has 0 aliphatic carbocycles. The summed E-state index contributed by atoms with van der Waals surface area (Å²) in [6, 6.07) is 14.9. The highest BCUT2D eigenvalue weighted by Crippen LogP contribution is 2.38. The van der Waals surface area contributed by atoms with Gasteiger partial charge >= 0.3 is 12.0 Å². The number of rotatable bonds is 8. The number of urea groups is 1. The number of carbonyl (C=O) groups excluding carboxylic acids is 3. The van der Waals surface area contributed by atoms with Crippen LogP contribution in [0.3, 0.4) is 0 Å². The Labute approximate surface area is 230 Å². The van der Waals surface area contributed by atoms with E-state index in [9.17, 15) is 19.2 Å². The van der Waals surface area contributed by atoms with Gasteiger partial charge in [-0.1, -0.05) is 35.9 Å². The third kappa shape index (κ3) is 5.71. The number of nitrogens with one attached hydrogen (secondary N) is 1. The normalized spacial score (nSPS) is 14.4. The minimum atomic E-state index is -1.02. The minimum absolute atomic E-state index is 0.134. The number of ether oxygens (including phenoxy) is 2. The number of halogens is 2. The van der Waals surface area contributed by atoms with Gasteiger partial charge in [-0.05, 0) is 76.5 Å².